The molecule has 4 aromatic rings. The van der Waals surface area contributed by atoms with Crippen LogP contribution in [0.5, 0.6) is 5.75 Å². The first-order valence-electron chi connectivity index (χ1n) is 14.2. The van der Waals surface area contributed by atoms with E-state index in [0.717, 1.165) is 48.4 Å². The van der Waals surface area contributed by atoms with E-state index < -0.39 is 35.1 Å². The minimum absolute atomic E-state index is 0.138. The zero-order chi connectivity index (χ0) is 28.4. The molecule has 3 aromatic carbocycles. The Morgan fingerprint density at radius 2 is 1.46 bits per heavy atom. The number of aliphatic hydroxyl groups is 1. The predicted octanol–water partition coefficient (Wildman–Crippen LogP) is 3.69. The van der Waals surface area contributed by atoms with Gasteiger partial charge < -0.3 is 14.6 Å². The number of aromatic amines is 1. The highest BCUT2D eigenvalue weighted by atomic mass is 16.5. The van der Waals surface area contributed by atoms with Crippen molar-refractivity contribution in [3.05, 3.63) is 135 Å². The molecule has 6 rings (SSSR count). The van der Waals surface area contributed by atoms with Crippen molar-refractivity contribution in [1.29, 1.82) is 0 Å². The third kappa shape index (κ3) is 4.92. The first-order chi connectivity index (χ1) is 20.0. The lowest BCUT2D eigenvalue weighted by molar-refractivity contribution is -0.0831. The van der Waals surface area contributed by atoms with Crippen LogP contribution in [-0.4, -0.2) is 58.0 Å². The molecule has 41 heavy (non-hydrogen) atoms. The van der Waals surface area contributed by atoms with Crippen molar-refractivity contribution in [3.8, 4) is 5.75 Å². The lowest BCUT2D eigenvalue weighted by atomic mass is 9.64. The summed E-state index contributed by atoms with van der Waals surface area (Å²) in [5, 5.41) is 12.7. The molecule has 1 unspecified atom stereocenters. The van der Waals surface area contributed by atoms with Gasteiger partial charge in [0.15, 0.2) is 6.23 Å². The smallest absolute Gasteiger partial charge is 0.330 e. The summed E-state index contributed by atoms with van der Waals surface area (Å²) in [4.78, 5) is 29.5. The van der Waals surface area contributed by atoms with Crippen LogP contribution in [0.25, 0.3) is 0 Å². The maximum atomic E-state index is 12.9. The lowest BCUT2D eigenvalue weighted by Gasteiger charge is -2.42. The fourth-order valence-corrected chi connectivity index (χ4v) is 6.71. The molecule has 4 atom stereocenters. The second-order valence-electron chi connectivity index (χ2n) is 10.8. The van der Waals surface area contributed by atoms with Gasteiger partial charge in [-0.2, -0.15) is 0 Å². The SMILES string of the molecule is COc1ccc(C(c2ccccc2)(c2ccccc2)C(O)[C@@H]2C[C@@H](N3CCCC3)[C@H](n3ccc(=O)[nH]c3=O)O2)cc1. The first-order valence-corrected chi connectivity index (χ1v) is 14.2. The minimum atomic E-state index is -1.02. The summed E-state index contributed by atoms with van der Waals surface area (Å²) in [5.74, 6) is 0.724. The molecule has 0 bridgehead atoms. The maximum absolute atomic E-state index is 12.9. The van der Waals surface area contributed by atoms with Gasteiger partial charge >= 0.3 is 5.69 Å². The Labute approximate surface area is 238 Å². The van der Waals surface area contributed by atoms with Gasteiger partial charge in [-0.1, -0.05) is 72.8 Å². The van der Waals surface area contributed by atoms with Crippen molar-refractivity contribution in [2.24, 2.45) is 0 Å². The molecule has 0 aliphatic carbocycles. The van der Waals surface area contributed by atoms with E-state index in [9.17, 15) is 14.7 Å². The molecule has 2 aliphatic rings. The Hall–Kier alpha value is -3.98. The normalized spacial score (nSPS) is 22.0. The van der Waals surface area contributed by atoms with Crippen molar-refractivity contribution < 1.29 is 14.6 Å². The molecule has 2 aliphatic heterocycles. The molecule has 8 heteroatoms. The topological polar surface area (TPSA) is 96.8 Å². The fourth-order valence-electron chi connectivity index (χ4n) is 6.71. The number of rotatable bonds is 8. The van der Waals surface area contributed by atoms with Gasteiger partial charge in [-0.25, -0.2) is 4.79 Å². The largest absolute Gasteiger partial charge is 0.497 e. The zero-order valence-electron chi connectivity index (χ0n) is 23.1. The second-order valence-corrected chi connectivity index (χ2v) is 10.8. The highest BCUT2D eigenvalue weighted by molar-refractivity contribution is 5.53. The summed E-state index contributed by atoms with van der Waals surface area (Å²) in [5.41, 5.74) is 0.790. The summed E-state index contributed by atoms with van der Waals surface area (Å²) in [6.45, 7) is 1.79. The third-order valence-electron chi connectivity index (χ3n) is 8.65. The molecule has 8 nitrogen and oxygen atoms in total. The van der Waals surface area contributed by atoms with Crippen molar-refractivity contribution in [1.82, 2.24) is 14.5 Å². The summed E-state index contributed by atoms with van der Waals surface area (Å²) >= 11 is 0. The fraction of sp³-hybridized carbons (Fsp3) is 0.333. The van der Waals surface area contributed by atoms with Gasteiger partial charge in [-0.05, 0) is 61.2 Å². The standard InChI is InChI=1S/C33H35N3O5/c1-40-26-16-14-25(15-17-26)33(23-10-4-2-5-11-23,24-12-6-3-7-13-24)30(38)28-22-27(35-19-8-9-20-35)31(41-28)36-21-18-29(37)34-32(36)39/h2-7,10-18,21,27-28,30-31,38H,8-9,19-20,22H2,1H3,(H,34,37,39)/t27-,28+,30?,31-/m1/s1. The number of ether oxygens (including phenoxy) is 2. The van der Waals surface area contributed by atoms with E-state index in [1.807, 2.05) is 84.9 Å². The van der Waals surface area contributed by atoms with Gasteiger partial charge in [0.25, 0.3) is 5.56 Å². The summed E-state index contributed by atoms with van der Waals surface area (Å²) in [7, 11) is 1.63. The van der Waals surface area contributed by atoms with Crippen LogP contribution in [-0.2, 0) is 10.2 Å². The van der Waals surface area contributed by atoms with Crippen LogP contribution in [0.4, 0.5) is 0 Å². The Morgan fingerprint density at radius 1 is 0.878 bits per heavy atom. The Kier molecular flexibility index (Phi) is 7.62. The van der Waals surface area contributed by atoms with Crippen LogP contribution >= 0.6 is 0 Å². The average Bonchev–Trinajstić information content (AvgIpc) is 3.70. The maximum Gasteiger partial charge on any atom is 0.330 e. The van der Waals surface area contributed by atoms with Crippen molar-refractivity contribution in [2.45, 2.75) is 49.2 Å². The van der Waals surface area contributed by atoms with Crippen LogP contribution < -0.4 is 16.0 Å². The van der Waals surface area contributed by atoms with E-state index in [-0.39, 0.29) is 6.04 Å². The molecule has 0 amide bonds. The van der Waals surface area contributed by atoms with Crippen LogP contribution in [0.3, 0.4) is 0 Å². The molecule has 0 saturated carbocycles. The quantitative estimate of drug-likeness (QED) is 0.323. The molecule has 3 heterocycles. The highest BCUT2D eigenvalue weighted by Crippen LogP contribution is 2.47. The van der Waals surface area contributed by atoms with Crippen LogP contribution in [0.15, 0.2) is 107 Å². The average molecular weight is 554 g/mol. The summed E-state index contributed by atoms with van der Waals surface area (Å²) < 4.78 is 13.6. The van der Waals surface area contributed by atoms with E-state index in [1.165, 1.54) is 16.8 Å². The molecule has 0 spiro atoms. The number of aromatic nitrogens is 2. The summed E-state index contributed by atoms with van der Waals surface area (Å²) in [6, 6.07) is 29.0. The molecular formula is C33H35N3O5. The predicted molar refractivity (Wildman–Crippen MR) is 156 cm³/mol. The zero-order valence-corrected chi connectivity index (χ0v) is 23.1. The second kappa shape index (κ2) is 11.5. The number of H-pyrrole nitrogens is 1. The van der Waals surface area contributed by atoms with Crippen LogP contribution in [0.1, 0.15) is 42.2 Å². The van der Waals surface area contributed by atoms with Crippen molar-refractivity contribution in [2.75, 3.05) is 20.2 Å². The number of benzene rings is 3. The van der Waals surface area contributed by atoms with E-state index >= 15 is 0 Å². The monoisotopic (exact) mass is 553 g/mol. The molecule has 2 saturated heterocycles. The number of methoxy groups -OCH3 is 1. The number of nitrogens with zero attached hydrogens (tertiary/aromatic N) is 2. The third-order valence-corrected chi connectivity index (χ3v) is 8.65. The van der Waals surface area contributed by atoms with Gasteiger partial charge in [0.1, 0.15) is 5.75 Å². The molecule has 0 radical (unpaired) electrons. The van der Waals surface area contributed by atoms with Gasteiger partial charge in [0, 0.05) is 12.3 Å². The number of hydrogen-bond donors (Lipinski definition) is 2. The Bertz CT molecular complexity index is 1520. The molecule has 2 fully saturated rings. The van der Waals surface area contributed by atoms with Crippen molar-refractivity contribution >= 4 is 0 Å². The molecule has 2 N–H and O–H groups in total. The number of hydrogen-bond acceptors (Lipinski definition) is 6. The van der Waals surface area contributed by atoms with Gasteiger partial charge in [0.05, 0.1) is 30.8 Å². The van der Waals surface area contributed by atoms with E-state index in [4.69, 9.17) is 9.47 Å². The molecular weight excluding hydrogens is 518 g/mol. The number of aliphatic hydroxyl groups excluding tert-OH is 1. The molecule has 212 valence electrons. The van der Waals surface area contributed by atoms with E-state index in [1.54, 1.807) is 7.11 Å². The van der Waals surface area contributed by atoms with Gasteiger partial charge in [-0.15, -0.1) is 0 Å². The number of likely N-dealkylation sites (tertiary alicyclic amines) is 1. The highest BCUT2D eigenvalue weighted by Gasteiger charge is 2.52. The first kappa shape index (κ1) is 27.2. The Morgan fingerprint density at radius 3 is 2.02 bits per heavy atom. The van der Waals surface area contributed by atoms with Gasteiger partial charge in [-0.3, -0.25) is 19.2 Å². The molecule has 1 aromatic heterocycles. The van der Waals surface area contributed by atoms with Crippen LogP contribution in [0.2, 0.25) is 0 Å². The van der Waals surface area contributed by atoms with E-state index in [2.05, 4.69) is 9.88 Å². The lowest BCUT2D eigenvalue weighted by Crippen LogP contribution is -2.48. The van der Waals surface area contributed by atoms with Crippen molar-refractivity contribution in [3.63, 3.8) is 0 Å². The summed E-state index contributed by atoms with van der Waals surface area (Å²) in [6.07, 6.45) is 1.86. The Balaban J connectivity index is 1.50. The minimum Gasteiger partial charge on any atom is -0.497 e. The van der Waals surface area contributed by atoms with Gasteiger partial charge in [0.2, 0.25) is 0 Å². The number of nitrogens with one attached hydrogen (secondary N) is 1. The van der Waals surface area contributed by atoms with Crippen LogP contribution in [0, 0.1) is 0 Å². The van der Waals surface area contributed by atoms with E-state index in [0.29, 0.717) is 6.42 Å².